The first-order valence-electron chi connectivity index (χ1n) is 5.20. The van der Waals surface area contributed by atoms with Crippen LogP contribution in [0.15, 0.2) is 28.3 Å². The molecule has 7 heteroatoms. The Balaban J connectivity index is 2.01. The zero-order chi connectivity index (χ0) is 13.0. The fraction of sp³-hybridized carbons (Fsp3) is 0.182. The van der Waals surface area contributed by atoms with E-state index < -0.39 is 0 Å². The molecule has 2 aromatic heterocycles. The van der Waals surface area contributed by atoms with Crippen molar-refractivity contribution in [3.05, 3.63) is 38.9 Å². The Morgan fingerprint density at radius 1 is 1.50 bits per heavy atom. The summed E-state index contributed by atoms with van der Waals surface area (Å²) in [6.07, 6.45) is 3.01. The van der Waals surface area contributed by atoms with Crippen molar-refractivity contribution >= 4 is 39.0 Å². The zero-order valence-corrected chi connectivity index (χ0v) is 12.0. The molecule has 0 aliphatic rings. The molecule has 0 bridgehead atoms. The summed E-state index contributed by atoms with van der Waals surface area (Å²) in [6.45, 7) is 0.475. The molecule has 2 N–H and O–H groups in total. The van der Waals surface area contributed by atoms with Crippen LogP contribution in [-0.4, -0.2) is 22.9 Å². The second-order valence-electron chi connectivity index (χ2n) is 3.41. The minimum atomic E-state index is -0.236. The molecule has 94 valence electrons. The normalized spacial score (nSPS) is 10.1. The third kappa shape index (κ3) is 3.05. The Labute approximate surface area is 117 Å². The molecule has 0 radical (unpaired) electrons. The van der Waals surface area contributed by atoms with Crippen molar-refractivity contribution in [1.82, 2.24) is 15.3 Å². The third-order valence-electron chi connectivity index (χ3n) is 2.22. The maximum Gasteiger partial charge on any atom is 0.271 e. The van der Waals surface area contributed by atoms with E-state index in [2.05, 4.69) is 36.5 Å². The van der Waals surface area contributed by atoms with Crippen LogP contribution < -0.4 is 10.6 Å². The predicted octanol–water partition coefficient (Wildman–Crippen LogP) is 2.27. The van der Waals surface area contributed by atoms with E-state index >= 15 is 0 Å². The number of hydrogen-bond acceptors (Lipinski definition) is 5. The number of thiophene rings is 1. The van der Waals surface area contributed by atoms with E-state index in [-0.39, 0.29) is 5.91 Å². The van der Waals surface area contributed by atoms with Gasteiger partial charge in [0.15, 0.2) is 0 Å². The standard InChI is InChI=1S/C11H11BrN4OS/c1-13-10-6-14-4-8(16-10)11(17)15-5-9-7(12)2-3-18-9/h2-4,6H,5H2,1H3,(H,13,16)(H,15,17). The fourth-order valence-electron chi connectivity index (χ4n) is 1.30. The number of carbonyl (C=O) groups is 1. The Hall–Kier alpha value is -1.47. The first kappa shape index (κ1) is 13.0. The molecule has 0 aliphatic heterocycles. The molecule has 5 nitrogen and oxygen atoms in total. The second kappa shape index (κ2) is 5.92. The lowest BCUT2D eigenvalue weighted by atomic mass is 10.4. The van der Waals surface area contributed by atoms with Crippen molar-refractivity contribution in [1.29, 1.82) is 0 Å². The number of anilines is 1. The van der Waals surface area contributed by atoms with Gasteiger partial charge >= 0.3 is 0 Å². The van der Waals surface area contributed by atoms with Crippen LogP contribution in [0.25, 0.3) is 0 Å². The number of nitrogens with zero attached hydrogens (tertiary/aromatic N) is 2. The summed E-state index contributed by atoms with van der Waals surface area (Å²) >= 11 is 5.00. The molecule has 0 spiro atoms. The van der Waals surface area contributed by atoms with Gasteiger partial charge in [0, 0.05) is 16.4 Å². The topological polar surface area (TPSA) is 66.9 Å². The summed E-state index contributed by atoms with van der Waals surface area (Å²) in [6, 6.07) is 1.95. The van der Waals surface area contributed by atoms with Crippen LogP contribution in [-0.2, 0) is 6.54 Å². The summed E-state index contributed by atoms with van der Waals surface area (Å²) in [5.74, 6) is 0.333. The monoisotopic (exact) mass is 326 g/mol. The molecule has 2 aromatic rings. The SMILES string of the molecule is CNc1cncc(C(=O)NCc2sccc2Br)n1. The molecule has 0 atom stereocenters. The summed E-state index contributed by atoms with van der Waals surface area (Å²) in [4.78, 5) is 21.0. The number of halogens is 1. The highest BCUT2D eigenvalue weighted by atomic mass is 79.9. The summed E-state index contributed by atoms with van der Waals surface area (Å²) < 4.78 is 1.00. The smallest absolute Gasteiger partial charge is 0.271 e. The number of carbonyl (C=O) groups excluding carboxylic acids is 1. The number of hydrogen-bond donors (Lipinski definition) is 2. The highest BCUT2D eigenvalue weighted by molar-refractivity contribution is 9.10. The molecule has 1 amide bonds. The molecule has 0 fully saturated rings. The average Bonchev–Trinajstić information content (AvgIpc) is 2.81. The molecular formula is C11H11BrN4OS. The van der Waals surface area contributed by atoms with Gasteiger partial charge in [0.2, 0.25) is 0 Å². The van der Waals surface area contributed by atoms with Crippen molar-refractivity contribution in [3.8, 4) is 0 Å². The van der Waals surface area contributed by atoms with Crippen molar-refractivity contribution in [2.24, 2.45) is 0 Å². The van der Waals surface area contributed by atoms with E-state index in [1.807, 2.05) is 11.4 Å². The first-order valence-corrected chi connectivity index (χ1v) is 6.88. The highest BCUT2D eigenvalue weighted by Crippen LogP contribution is 2.22. The van der Waals surface area contributed by atoms with Crippen LogP contribution in [0.4, 0.5) is 5.82 Å². The van der Waals surface area contributed by atoms with E-state index in [4.69, 9.17) is 0 Å². The predicted molar refractivity (Wildman–Crippen MR) is 74.8 cm³/mol. The first-order chi connectivity index (χ1) is 8.70. The number of amides is 1. The minimum absolute atomic E-state index is 0.236. The van der Waals surface area contributed by atoms with Crippen LogP contribution in [0, 0.1) is 0 Å². The molecule has 0 saturated carbocycles. The van der Waals surface area contributed by atoms with Gasteiger partial charge in [-0.2, -0.15) is 0 Å². The molecule has 0 aromatic carbocycles. The Morgan fingerprint density at radius 2 is 2.33 bits per heavy atom. The summed E-state index contributed by atoms with van der Waals surface area (Å²) in [7, 11) is 1.73. The van der Waals surface area contributed by atoms with Crippen LogP contribution in [0.1, 0.15) is 15.4 Å². The summed E-state index contributed by atoms with van der Waals surface area (Å²) in [5.41, 5.74) is 0.300. The molecule has 2 heterocycles. The molecule has 0 saturated heterocycles. The van der Waals surface area contributed by atoms with Gasteiger partial charge in [-0.15, -0.1) is 11.3 Å². The van der Waals surface area contributed by atoms with Gasteiger partial charge in [0.25, 0.3) is 5.91 Å². The van der Waals surface area contributed by atoms with E-state index in [1.54, 1.807) is 24.6 Å². The Bertz CT molecular complexity index is 557. The number of rotatable bonds is 4. The second-order valence-corrected chi connectivity index (χ2v) is 5.27. The minimum Gasteiger partial charge on any atom is -0.372 e. The van der Waals surface area contributed by atoms with E-state index in [0.717, 1.165) is 9.35 Å². The fourth-order valence-corrected chi connectivity index (χ4v) is 2.73. The van der Waals surface area contributed by atoms with Crippen LogP contribution in [0.2, 0.25) is 0 Å². The number of nitrogens with one attached hydrogen (secondary N) is 2. The van der Waals surface area contributed by atoms with Crippen LogP contribution in [0.3, 0.4) is 0 Å². The van der Waals surface area contributed by atoms with Crippen LogP contribution >= 0.6 is 27.3 Å². The maximum absolute atomic E-state index is 11.9. The third-order valence-corrected chi connectivity index (χ3v) is 4.15. The van der Waals surface area contributed by atoms with Crippen molar-refractivity contribution in [3.63, 3.8) is 0 Å². The molecule has 0 unspecified atom stereocenters. The van der Waals surface area contributed by atoms with Gasteiger partial charge in [-0.05, 0) is 27.4 Å². The molecule has 2 rings (SSSR count). The van der Waals surface area contributed by atoms with Crippen molar-refractivity contribution in [2.45, 2.75) is 6.54 Å². The number of aromatic nitrogens is 2. The van der Waals surface area contributed by atoms with Gasteiger partial charge in [0.05, 0.1) is 18.9 Å². The Kier molecular flexibility index (Phi) is 4.27. The van der Waals surface area contributed by atoms with Gasteiger partial charge in [0.1, 0.15) is 11.5 Å². The van der Waals surface area contributed by atoms with Crippen molar-refractivity contribution < 1.29 is 4.79 Å². The zero-order valence-electron chi connectivity index (χ0n) is 9.61. The molecule has 0 aliphatic carbocycles. The van der Waals surface area contributed by atoms with Crippen molar-refractivity contribution in [2.75, 3.05) is 12.4 Å². The van der Waals surface area contributed by atoms with Gasteiger partial charge < -0.3 is 10.6 Å². The summed E-state index contributed by atoms with van der Waals surface area (Å²) in [5, 5.41) is 7.61. The van der Waals surface area contributed by atoms with Gasteiger partial charge in [-0.3, -0.25) is 9.78 Å². The van der Waals surface area contributed by atoms with E-state index in [1.165, 1.54) is 6.20 Å². The average molecular weight is 327 g/mol. The maximum atomic E-state index is 11.9. The van der Waals surface area contributed by atoms with Gasteiger partial charge in [-0.25, -0.2) is 4.98 Å². The van der Waals surface area contributed by atoms with Crippen LogP contribution in [0.5, 0.6) is 0 Å². The lowest BCUT2D eigenvalue weighted by Crippen LogP contribution is -2.24. The Morgan fingerprint density at radius 3 is 3.00 bits per heavy atom. The molecular weight excluding hydrogens is 316 g/mol. The molecule has 18 heavy (non-hydrogen) atoms. The highest BCUT2D eigenvalue weighted by Gasteiger charge is 2.09. The lowest BCUT2D eigenvalue weighted by molar-refractivity contribution is 0.0946. The van der Waals surface area contributed by atoms with E-state index in [0.29, 0.717) is 18.1 Å². The van der Waals surface area contributed by atoms with E-state index in [9.17, 15) is 4.79 Å². The lowest BCUT2D eigenvalue weighted by Gasteiger charge is -2.05. The quantitative estimate of drug-likeness (QED) is 0.904. The van der Waals surface area contributed by atoms with Gasteiger partial charge in [-0.1, -0.05) is 0 Å². The largest absolute Gasteiger partial charge is 0.372 e.